The molecule has 164 valence electrons. The van der Waals surface area contributed by atoms with Crippen molar-refractivity contribution in [1.29, 1.82) is 5.26 Å². The molecule has 5 nitrogen and oxygen atoms in total. The maximum Gasteiger partial charge on any atom is 0.416 e. The second-order valence-corrected chi connectivity index (χ2v) is 7.17. The van der Waals surface area contributed by atoms with E-state index in [1.165, 1.54) is 6.07 Å². The SMILES string of the molecule is CCN(C#N)C(=O)C(Cc1ccc2ccccc2c1)NC(=O)c1cccc(C(F)(F)F)c1. The summed E-state index contributed by atoms with van der Waals surface area (Å²) in [5.41, 5.74) is -0.453. The molecule has 0 aliphatic heterocycles. The van der Waals surface area contributed by atoms with Gasteiger partial charge in [0.2, 0.25) is 0 Å². The van der Waals surface area contributed by atoms with E-state index in [9.17, 15) is 28.0 Å². The molecule has 0 aromatic heterocycles. The van der Waals surface area contributed by atoms with Gasteiger partial charge in [-0.3, -0.25) is 9.59 Å². The second kappa shape index (κ2) is 9.52. The minimum absolute atomic E-state index is 0.0759. The van der Waals surface area contributed by atoms with E-state index in [1.54, 1.807) is 13.1 Å². The number of alkyl halides is 3. The fourth-order valence-electron chi connectivity index (χ4n) is 3.34. The van der Waals surface area contributed by atoms with Crippen LogP contribution in [0.3, 0.4) is 0 Å². The summed E-state index contributed by atoms with van der Waals surface area (Å²) < 4.78 is 39.0. The Kier molecular flexibility index (Phi) is 6.79. The third-order valence-corrected chi connectivity index (χ3v) is 5.01. The predicted octanol–water partition coefficient (Wildman–Crippen LogP) is 4.53. The molecular formula is C24H20F3N3O2. The topological polar surface area (TPSA) is 73.2 Å². The van der Waals surface area contributed by atoms with Gasteiger partial charge in [-0.15, -0.1) is 0 Å². The largest absolute Gasteiger partial charge is 0.416 e. The Morgan fingerprint density at radius 2 is 1.75 bits per heavy atom. The maximum absolute atomic E-state index is 13.0. The highest BCUT2D eigenvalue weighted by Crippen LogP contribution is 2.29. The number of hydrogen-bond donors (Lipinski definition) is 1. The average Bonchev–Trinajstić information content (AvgIpc) is 2.78. The molecule has 0 bridgehead atoms. The molecule has 1 N–H and O–H groups in total. The van der Waals surface area contributed by atoms with Crippen molar-refractivity contribution in [3.63, 3.8) is 0 Å². The number of fused-ring (bicyclic) bond motifs is 1. The van der Waals surface area contributed by atoms with E-state index in [0.29, 0.717) is 0 Å². The first kappa shape index (κ1) is 22.8. The number of benzene rings is 3. The summed E-state index contributed by atoms with van der Waals surface area (Å²) in [5, 5.41) is 13.7. The number of halogens is 3. The van der Waals surface area contributed by atoms with Gasteiger partial charge < -0.3 is 5.32 Å². The van der Waals surface area contributed by atoms with Crippen molar-refractivity contribution in [2.75, 3.05) is 6.54 Å². The Labute approximate surface area is 183 Å². The molecule has 3 rings (SSSR count). The van der Waals surface area contributed by atoms with Crippen LogP contribution >= 0.6 is 0 Å². The Balaban J connectivity index is 1.89. The number of hydrogen-bond acceptors (Lipinski definition) is 3. The molecule has 1 atom stereocenters. The summed E-state index contributed by atoms with van der Waals surface area (Å²) in [6.07, 6.45) is -2.75. The molecule has 0 heterocycles. The molecule has 2 amide bonds. The Morgan fingerprint density at radius 1 is 1.03 bits per heavy atom. The minimum atomic E-state index is -4.60. The highest BCUT2D eigenvalue weighted by Gasteiger charge is 2.32. The number of nitrogens with zero attached hydrogens (tertiary/aromatic N) is 2. The van der Waals surface area contributed by atoms with Crippen LogP contribution in [-0.2, 0) is 17.4 Å². The zero-order chi connectivity index (χ0) is 23.3. The minimum Gasteiger partial charge on any atom is -0.340 e. The highest BCUT2D eigenvalue weighted by atomic mass is 19.4. The number of rotatable bonds is 6. The molecule has 0 aliphatic carbocycles. The van der Waals surface area contributed by atoms with Crippen molar-refractivity contribution in [1.82, 2.24) is 10.2 Å². The third-order valence-electron chi connectivity index (χ3n) is 5.01. The Hall–Kier alpha value is -3.86. The number of amides is 2. The molecule has 1 unspecified atom stereocenters. The van der Waals surface area contributed by atoms with Gasteiger partial charge in [-0.05, 0) is 41.5 Å². The first-order valence-corrected chi connectivity index (χ1v) is 9.90. The zero-order valence-corrected chi connectivity index (χ0v) is 17.2. The van der Waals surface area contributed by atoms with Gasteiger partial charge in [0, 0.05) is 18.5 Å². The number of nitriles is 1. The number of nitrogens with one attached hydrogen (secondary N) is 1. The normalized spacial score (nSPS) is 12.1. The fraction of sp³-hybridized carbons (Fsp3) is 0.208. The fourth-order valence-corrected chi connectivity index (χ4v) is 3.34. The average molecular weight is 439 g/mol. The smallest absolute Gasteiger partial charge is 0.340 e. The molecule has 0 aliphatic rings. The summed E-state index contributed by atoms with van der Waals surface area (Å²) in [7, 11) is 0. The lowest BCUT2D eigenvalue weighted by molar-refractivity contribution is -0.137. The van der Waals surface area contributed by atoms with E-state index >= 15 is 0 Å². The van der Waals surface area contributed by atoms with Crippen LogP contribution in [0.4, 0.5) is 13.2 Å². The van der Waals surface area contributed by atoms with E-state index in [2.05, 4.69) is 5.32 Å². The van der Waals surface area contributed by atoms with Gasteiger partial charge in [0.25, 0.3) is 11.8 Å². The monoisotopic (exact) mass is 439 g/mol. The van der Waals surface area contributed by atoms with Crippen LogP contribution in [-0.4, -0.2) is 29.3 Å². The van der Waals surface area contributed by atoms with Crippen molar-refractivity contribution in [3.8, 4) is 6.19 Å². The van der Waals surface area contributed by atoms with Crippen LogP contribution in [0.25, 0.3) is 10.8 Å². The number of carbonyl (C=O) groups excluding carboxylic acids is 2. The van der Waals surface area contributed by atoms with E-state index in [-0.39, 0.29) is 18.5 Å². The van der Waals surface area contributed by atoms with Crippen molar-refractivity contribution < 1.29 is 22.8 Å². The predicted molar refractivity (Wildman–Crippen MR) is 113 cm³/mol. The summed E-state index contributed by atoms with van der Waals surface area (Å²) in [6.45, 7) is 1.71. The standard InChI is InChI=1S/C24H20F3N3O2/c1-2-30(15-28)23(32)21(13-16-10-11-17-6-3-4-7-18(17)12-16)29-22(31)19-8-5-9-20(14-19)24(25,26)27/h3-12,14,21H,2,13H2,1H3,(H,29,31). The van der Waals surface area contributed by atoms with Crippen LogP contribution < -0.4 is 5.32 Å². The lowest BCUT2D eigenvalue weighted by atomic mass is 10.0. The van der Waals surface area contributed by atoms with Gasteiger partial charge in [-0.2, -0.15) is 18.4 Å². The van der Waals surface area contributed by atoms with Crippen LogP contribution in [0.1, 0.15) is 28.4 Å². The lowest BCUT2D eigenvalue weighted by Gasteiger charge is -2.22. The van der Waals surface area contributed by atoms with E-state index in [4.69, 9.17) is 0 Å². The van der Waals surface area contributed by atoms with Gasteiger partial charge in [-0.1, -0.05) is 48.5 Å². The van der Waals surface area contributed by atoms with E-state index < -0.39 is 29.6 Å². The van der Waals surface area contributed by atoms with Crippen molar-refractivity contribution in [2.24, 2.45) is 0 Å². The van der Waals surface area contributed by atoms with E-state index in [0.717, 1.165) is 39.4 Å². The van der Waals surface area contributed by atoms with Crippen LogP contribution in [0.2, 0.25) is 0 Å². The summed E-state index contributed by atoms with van der Waals surface area (Å²) in [4.78, 5) is 26.5. The van der Waals surface area contributed by atoms with Gasteiger partial charge in [0.05, 0.1) is 5.56 Å². The van der Waals surface area contributed by atoms with Crippen molar-refractivity contribution in [3.05, 3.63) is 83.4 Å². The Bertz CT molecular complexity index is 1180. The number of carbonyl (C=O) groups is 2. The third kappa shape index (κ3) is 5.24. The summed E-state index contributed by atoms with van der Waals surface area (Å²) in [6, 6.07) is 16.0. The van der Waals surface area contributed by atoms with Crippen LogP contribution in [0.5, 0.6) is 0 Å². The van der Waals surface area contributed by atoms with Gasteiger partial charge in [0.15, 0.2) is 6.19 Å². The van der Waals surface area contributed by atoms with E-state index in [1.807, 2.05) is 42.5 Å². The first-order valence-electron chi connectivity index (χ1n) is 9.90. The molecule has 0 saturated heterocycles. The molecule has 0 radical (unpaired) electrons. The molecular weight excluding hydrogens is 419 g/mol. The summed E-state index contributed by atoms with van der Waals surface area (Å²) >= 11 is 0. The van der Waals surface area contributed by atoms with Gasteiger partial charge in [-0.25, -0.2) is 4.90 Å². The van der Waals surface area contributed by atoms with Gasteiger partial charge >= 0.3 is 6.18 Å². The van der Waals surface area contributed by atoms with Crippen molar-refractivity contribution >= 4 is 22.6 Å². The first-order chi connectivity index (χ1) is 15.2. The molecule has 0 saturated carbocycles. The molecule has 0 spiro atoms. The molecule has 32 heavy (non-hydrogen) atoms. The maximum atomic E-state index is 13.0. The quantitative estimate of drug-likeness (QED) is 0.453. The Morgan fingerprint density at radius 3 is 2.41 bits per heavy atom. The van der Waals surface area contributed by atoms with Gasteiger partial charge in [0.1, 0.15) is 6.04 Å². The summed E-state index contributed by atoms with van der Waals surface area (Å²) in [5.74, 6) is -1.47. The molecule has 8 heteroatoms. The number of likely N-dealkylation sites (N-methyl/N-ethyl adjacent to an activating group) is 1. The molecule has 3 aromatic rings. The molecule has 3 aromatic carbocycles. The van der Waals surface area contributed by atoms with Crippen molar-refractivity contribution in [2.45, 2.75) is 25.6 Å². The van der Waals surface area contributed by atoms with Crippen LogP contribution in [0, 0.1) is 11.5 Å². The van der Waals surface area contributed by atoms with Crippen LogP contribution in [0.15, 0.2) is 66.7 Å². The highest BCUT2D eigenvalue weighted by molar-refractivity contribution is 5.98. The molecule has 0 fully saturated rings. The lowest BCUT2D eigenvalue weighted by Crippen LogP contribution is -2.48. The second-order valence-electron chi connectivity index (χ2n) is 7.17. The zero-order valence-electron chi connectivity index (χ0n) is 17.2.